The molecule has 1 heterocycles. The van der Waals surface area contributed by atoms with E-state index in [4.69, 9.17) is 0 Å². The van der Waals surface area contributed by atoms with Crippen LogP contribution >= 0.6 is 0 Å². The Labute approximate surface area is 211 Å². The number of aromatic hydroxyl groups is 1. The van der Waals surface area contributed by atoms with Crippen LogP contribution in [-0.2, 0) is 0 Å². The lowest BCUT2D eigenvalue weighted by molar-refractivity contribution is 0.0824. The van der Waals surface area contributed by atoms with Crippen molar-refractivity contribution in [3.8, 4) is 24.3 Å². The number of para-hydroxylation sites is 2. The van der Waals surface area contributed by atoms with Gasteiger partial charge in [0.15, 0.2) is 5.75 Å². The van der Waals surface area contributed by atoms with Crippen molar-refractivity contribution in [2.24, 2.45) is 5.92 Å². The second-order valence-electron chi connectivity index (χ2n) is 8.46. The van der Waals surface area contributed by atoms with Gasteiger partial charge in [0.1, 0.15) is 11.4 Å². The minimum absolute atomic E-state index is 0.0402. The van der Waals surface area contributed by atoms with Crippen LogP contribution in [0, 0.1) is 18.8 Å². The number of aromatic nitrogens is 2. The fourth-order valence-corrected chi connectivity index (χ4v) is 2.95. The molecule has 2 aromatic carbocycles. The summed E-state index contributed by atoms with van der Waals surface area (Å²) in [7, 11) is 3.14. The number of amides is 1. The van der Waals surface area contributed by atoms with E-state index in [1.54, 1.807) is 57.4 Å². The highest BCUT2D eigenvalue weighted by Crippen LogP contribution is 2.31. The average Bonchev–Trinajstić information content (AvgIpc) is 2.85. The minimum atomic E-state index is -0.527. The highest BCUT2D eigenvalue weighted by molar-refractivity contribution is 5.98. The molecule has 0 bridgehead atoms. The van der Waals surface area contributed by atoms with Gasteiger partial charge in [0.2, 0.25) is 0 Å². The number of rotatable bonds is 6. The van der Waals surface area contributed by atoms with Crippen molar-refractivity contribution in [2.45, 2.75) is 27.7 Å². The Hall–Kier alpha value is -4.45. The quantitative estimate of drug-likeness (QED) is 0.304. The Bertz CT molecular complexity index is 1270. The van der Waals surface area contributed by atoms with E-state index in [-0.39, 0.29) is 28.4 Å². The molecule has 0 aliphatic heterocycles. The highest BCUT2D eigenvalue weighted by Gasteiger charge is 2.20. The molecule has 192 valence electrons. The molecule has 9 heteroatoms. The molecule has 1 aromatic heterocycles. The largest absolute Gasteiger partial charge is 0.505 e. The zero-order valence-electron chi connectivity index (χ0n) is 21.6. The molecule has 3 rings (SSSR count). The van der Waals surface area contributed by atoms with Crippen LogP contribution in [0.5, 0.6) is 5.75 Å². The SMILES string of the molecule is C#C.CC(C)C.CCNc1c(Nc2cccc(C(=O)N(C)C)c2O)c(=O)n(-c2ccccc2)[nH]c1=O. The summed E-state index contributed by atoms with van der Waals surface area (Å²) in [5.41, 5.74) is -0.366. The third-order valence-corrected chi connectivity index (χ3v) is 4.41. The predicted molar refractivity (Wildman–Crippen MR) is 147 cm³/mol. The molecule has 4 N–H and O–H groups in total. The third kappa shape index (κ3) is 7.53. The van der Waals surface area contributed by atoms with E-state index < -0.39 is 17.0 Å². The number of aromatic amines is 1. The first-order chi connectivity index (χ1) is 17.1. The van der Waals surface area contributed by atoms with Crippen molar-refractivity contribution in [2.75, 3.05) is 31.3 Å². The highest BCUT2D eigenvalue weighted by atomic mass is 16.3. The van der Waals surface area contributed by atoms with Crippen LogP contribution in [0.3, 0.4) is 0 Å². The topological polar surface area (TPSA) is 119 Å². The summed E-state index contributed by atoms with van der Waals surface area (Å²) in [5, 5.41) is 18.9. The van der Waals surface area contributed by atoms with Crippen molar-refractivity contribution < 1.29 is 9.90 Å². The Morgan fingerprint density at radius 3 is 2.14 bits per heavy atom. The maximum atomic E-state index is 13.2. The van der Waals surface area contributed by atoms with Crippen molar-refractivity contribution in [1.29, 1.82) is 0 Å². The van der Waals surface area contributed by atoms with E-state index in [1.165, 1.54) is 17.0 Å². The van der Waals surface area contributed by atoms with Crippen LogP contribution in [0.25, 0.3) is 5.69 Å². The monoisotopic (exact) mass is 493 g/mol. The van der Waals surface area contributed by atoms with Crippen LogP contribution in [-0.4, -0.2) is 46.3 Å². The third-order valence-electron chi connectivity index (χ3n) is 4.41. The summed E-state index contributed by atoms with van der Waals surface area (Å²) in [6.45, 7) is 8.69. The van der Waals surface area contributed by atoms with E-state index >= 15 is 0 Å². The molecule has 0 unspecified atom stereocenters. The van der Waals surface area contributed by atoms with E-state index in [9.17, 15) is 19.5 Å². The number of nitrogens with one attached hydrogen (secondary N) is 3. The minimum Gasteiger partial charge on any atom is -0.505 e. The summed E-state index contributed by atoms with van der Waals surface area (Å²) in [6, 6.07) is 13.2. The number of H-pyrrole nitrogens is 1. The molecule has 0 aliphatic carbocycles. The van der Waals surface area contributed by atoms with E-state index in [0.717, 1.165) is 10.6 Å². The first kappa shape index (κ1) is 29.6. The van der Waals surface area contributed by atoms with Gasteiger partial charge >= 0.3 is 0 Å². The fraction of sp³-hybridized carbons (Fsp3) is 0.296. The van der Waals surface area contributed by atoms with Gasteiger partial charge in [-0.25, -0.2) is 4.68 Å². The maximum absolute atomic E-state index is 13.2. The molecular weight excluding hydrogens is 458 g/mol. The first-order valence-electron chi connectivity index (χ1n) is 11.4. The zero-order valence-corrected chi connectivity index (χ0v) is 21.6. The van der Waals surface area contributed by atoms with Gasteiger partial charge in [-0.1, -0.05) is 45.0 Å². The van der Waals surface area contributed by atoms with Gasteiger partial charge in [0.25, 0.3) is 17.0 Å². The molecule has 0 saturated heterocycles. The van der Waals surface area contributed by atoms with Crippen LogP contribution < -0.4 is 21.8 Å². The Morgan fingerprint density at radius 2 is 1.61 bits per heavy atom. The number of phenolic OH excluding ortho intramolecular Hbond substituents is 1. The van der Waals surface area contributed by atoms with Gasteiger partial charge in [0, 0.05) is 20.6 Å². The number of anilines is 3. The molecule has 0 spiro atoms. The second kappa shape index (κ2) is 14.1. The number of hydrogen-bond acceptors (Lipinski definition) is 6. The molecule has 0 saturated carbocycles. The van der Waals surface area contributed by atoms with Crippen LogP contribution in [0.4, 0.5) is 17.1 Å². The summed E-state index contributed by atoms with van der Waals surface area (Å²) in [5.74, 6) is 0.125. The number of benzene rings is 2. The predicted octanol–water partition coefficient (Wildman–Crippen LogP) is 4.02. The smallest absolute Gasteiger partial charge is 0.295 e. The summed E-state index contributed by atoms with van der Waals surface area (Å²) in [4.78, 5) is 39.5. The van der Waals surface area contributed by atoms with Gasteiger partial charge in [-0.05, 0) is 37.1 Å². The molecule has 0 aliphatic rings. The Kier molecular flexibility index (Phi) is 11.6. The molecule has 0 radical (unpaired) electrons. The Balaban J connectivity index is 0.000000982. The van der Waals surface area contributed by atoms with Gasteiger partial charge in [-0.15, -0.1) is 12.8 Å². The van der Waals surface area contributed by atoms with Gasteiger partial charge in [-0.3, -0.25) is 19.5 Å². The van der Waals surface area contributed by atoms with Crippen LogP contribution in [0.2, 0.25) is 0 Å². The number of hydrogen-bond donors (Lipinski definition) is 4. The van der Waals surface area contributed by atoms with E-state index in [2.05, 4.69) is 49.4 Å². The summed E-state index contributed by atoms with van der Waals surface area (Å²) >= 11 is 0. The Morgan fingerprint density at radius 1 is 1.03 bits per heavy atom. The number of carbonyl (C=O) groups is 1. The molecule has 36 heavy (non-hydrogen) atoms. The van der Waals surface area contributed by atoms with Gasteiger partial charge in [-0.2, -0.15) is 0 Å². The summed E-state index contributed by atoms with van der Waals surface area (Å²) < 4.78 is 1.12. The van der Waals surface area contributed by atoms with Crippen molar-refractivity contribution in [1.82, 2.24) is 14.7 Å². The lowest BCUT2D eigenvalue weighted by atomic mass is 10.1. The lowest BCUT2D eigenvalue weighted by Crippen LogP contribution is -2.32. The lowest BCUT2D eigenvalue weighted by Gasteiger charge is -2.17. The van der Waals surface area contributed by atoms with Crippen LogP contribution in [0.1, 0.15) is 38.1 Å². The maximum Gasteiger partial charge on any atom is 0.295 e. The first-order valence-corrected chi connectivity index (χ1v) is 11.4. The molecule has 1 amide bonds. The van der Waals surface area contributed by atoms with Crippen molar-refractivity contribution in [3.63, 3.8) is 0 Å². The van der Waals surface area contributed by atoms with Crippen LogP contribution in [0.15, 0.2) is 58.1 Å². The molecule has 9 nitrogen and oxygen atoms in total. The van der Waals surface area contributed by atoms with Gasteiger partial charge < -0.3 is 20.6 Å². The molecular formula is C27H35N5O4. The van der Waals surface area contributed by atoms with E-state index in [0.29, 0.717) is 12.2 Å². The van der Waals surface area contributed by atoms with Gasteiger partial charge in [0.05, 0.1) is 16.9 Å². The van der Waals surface area contributed by atoms with Crippen molar-refractivity contribution >= 4 is 23.0 Å². The number of phenols is 1. The van der Waals surface area contributed by atoms with Crippen molar-refractivity contribution in [3.05, 3.63) is 74.8 Å². The number of terminal acetylenes is 1. The standard InChI is InChI=1S/C21H23N5O4.C4H10.C2H2/c1-4-22-16-17(21(30)26(24-19(16)28)13-9-6-5-7-10-13)23-15-12-8-11-14(18(15)27)20(29)25(2)3;1-4(2)3;1-2/h5-12,22-23,27H,4H2,1-3H3,(H,24,28);4H,1-3H3;1-2H. The normalized spacial score (nSPS) is 9.81. The zero-order chi connectivity index (χ0) is 27.4. The number of nitrogens with zero attached hydrogens (tertiary/aromatic N) is 2. The average molecular weight is 494 g/mol. The fourth-order valence-electron chi connectivity index (χ4n) is 2.95. The number of carbonyl (C=O) groups excluding carboxylic acids is 1. The second-order valence-corrected chi connectivity index (χ2v) is 8.46. The van der Waals surface area contributed by atoms with E-state index in [1.807, 2.05) is 0 Å². The molecule has 3 aromatic rings. The molecule has 0 fully saturated rings. The molecule has 0 atom stereocenters. The summed E-state index contributed by atoms with van der Waals surface area (Å²) in [6.07, 6.45) is 8.00.